The first-order chi connectivity index (χ1) is 16.2. The summed E-state index contributed by atoms with van der Waals surface area (Å²) in [7, 11) is -4.78. The summed E-state index contributed by atoms with van der Waals surface area (Å²) in [5.41, 5.74) is -0.961. The Morgan fingerprint density at radius 1 is 1.29 bits per heavy atom. The highest BCUT2D eigenvalue weighted by atomic mass is 79.9. The predicted molar refractivity (Wildman–Crippen MR) is 147 cm³/mol. The number of amides is 1. The molecule has 0 bridgehead atoms. The van der Waals surface area contributed by atoms with Gasteiger partial charge in [0.1, 0.15) is 27.5 Å². The molecule has 1 aromatic heterocycles. The minimum absolute atomic E-state index is 0.0779. The molecule has 1 amide bonds. The molecule has 7 nitrogen and oxygen atoms in total. The van der Waals surface area contributed by atoms with Gasteiger partial charge in [0.15, 0.2) is 0 Å². The molecular weight excluding hydrogens is 551 g/mol. The van der Waals surface area contributed by atoms with E-state index >= 15 is 4.39 Å². The van der Waals surface area contributed by atoms with Crippen LogP contribution in [0.3, 0.4) is 0 Å². The minimum Gasteiger partial charge on any atom is -0.465 e. The molecule has 1 aliphatic carbocycles. The van der Waals surface area contributed by atoms with Crippen LogP contribution in [0.15, 0.2) is 15.7 Å². The summed E-state index contributed by atoms with van der Waals surface area (Å²) in [4.78, 5) is 21.3. The number of pyridine rings is 1. The van der Waals surface area contributed by atoms with Crippen LogP contribution in [0.25, 0.3) is 0 Å². The third-order valence-corrected chi connectivity index (χ3v) is 19.0. The van der Waals surface area contributed by atoms with Crippen molar-refractivity contribution in [2.24, 2.45) is 10.4 Å². The maximum Gasteiger partial charge on any atom is 0.410 e. The molecule has 196 valence electrons. The van der Waals surface area contributed by atoms with Crippen LogP contribution in [-0.2, 0) is 5.54 Å². The van der Waals surface area contributed by atoms with E-state index in [0.717, 1.165) is 36.2 Å². The van der Waals surface area contributed by atoms with E-state index in [1.807, 2.05) is 26.8 Å². The zero-order chi connectivity index (χ0) is 26.0. The molecule has 3 aliphatic rings. The maximum atomic E-state index is 16.7. The summed E-state index contributed by atoms with van der Waals surface area (Å²) in [6, 6.07) is 4.57. The van der Waals surface area contributed by atoms with Crippen LogP contribution in [0.5, 0.6) is 0 Å². The summed E-state index contributed by atoms with van der Waals surface area (Å²) in [5.74, 6) is -0.198. The zero-order valence-corrected chi connectivity index (χ0v) is 24.9. The van der Waals surface area contributed by atoms with Crippen molar-refractivity contribution in [3.8, 4) is 0 Å². The number of nitrogens with zero attached hydrogens (tertiary/aromatic N) is 2. The summed E-state index contributed by atoms with van der Waals surface area (Å²) in [6.45, 7) is 12.5. The van der Waals surface area contributed by atoms with Gasteiger partial charge in [-0.15, -0.1) is 0 Å². The standard InChI is InChI=1S/C24H38BrFN4O3SSi/c1-7-35(8-2,9-3)15-12-17(25)28-19(18(15)26)23(6)16-13-24(10-11-24)14-27-34(16,33)22(4,5)20(30-23)29-21(31)32/h12,16,27,33H,7-11,13-14H2,1-6H3,(H,29,30)(H,31,32)/t16-,23-/m0/s1. The number of amidine groups is 1. The fourth-order valence-corrected chi connectivity index (χ4v) is 14.1. The lowest BCUT2D eigenvalue weighted by atomic mass is 9.84. The summed E-state index contributed by atoms with van der Waals surface area (Å²) >= 11 is 3.55. The van der Waals surface area contributed by atoms with E-state index in [4.69, 9.17) is 4.99 Å². The first-order valence-corrected chi connectivity index (χ1v) is 17.6. The fourth-order valence-electron chi connectivity index (χ4n) is 6.19. The molecule has 3 heterocycles. The zero-order valence-electron chi connectivity index (χ0n) is 21.5. The number of fused-ring (bicyclic) bond motifs is 1. The molecule has 0 aromatic carbocycles. The highest BCUT2D eigenvalue weighted by Gasteiger charge is 2.66. The van der Waals surface area contributed by atoms with Crippen molar-refractivity contribution in [3.05, 3.63) is 22.2 Å². The minimum atomic E-state index is -2.65. The van der Waals surface area contributed by atoms with E-state index in [-0.39, 0.29) is 22.8 Å². The van der Waals surface area contributed by atoms with Crippen molar-refractivity contribution >= 4 is 51.6 Å². The van der Waals surface area contributed by atoms with Gasteiger partial charge in [-0.05, 0) is 72.6 Å². The van der Waals surface area contributed by atoms with Gasteiger partial charge >= 0.3 is 6.09 Å². The van der Waals surface area contributed by atoms with Crippen molar-refractivity contribution in [3.63, 3.8) is 0 Å². The Morgan fingerprint density at radius 3 is 2.40 bits per heavy atom. The highest BCUT2D eigenvalue weighted by molar-refractivity contribution is 9.10. The van der Waals surface area contributed by atoms with Gasteiger partial charge in [0.2, 0.25) is 0 Å². The van der Waals surface area contributed by atoms with Gasteiger partial charge in [-0.3, -0.25) is 15.0 Å². The molecule has 4 rings (SSSR count). The van der Waals surface area contributed by atoms with E-state index in [0.29, 0.717) is 17.6 Å². The average molecular weight is 590 g/mol. The molecule has 4 N–H and O–H groups in total. The molecule has 2 aliphatic heterocycles. The second-order valence-electron chi connectivity index (χ2n) is 11.2. The Hall–Kier alpha value is -1.01. The number of aromatic nitrogens is 1. The van der Waals surface area contributed by atoms with Crippen molar-refractivity contribution in [2.75, 3.05) is 6.54 Å². The molecule has 0 radical (unpaired) electrons. The first kappa shape index (κ1) is 27.0. The molecule has 35 heavy (non-hydrogen) atoms. The smallest absolute Gasteiger partial charge is 0.410 e. The topological polar surface area (TPSA) is 107 Å². The molecule has 1 saturated carbocycles. The molecule has 2 fully saturated rings. The van der Waals surface area contributed by atoms with E-state index in [1.54, 1.807) is 0 Å². The lowest BCUT2D eigenvalue weighted by molar-refractivity contribution is 0.199. The van der Waals surface area contributed by atoms with Gasteiger partial charge < -0.3 is 9.66 Å². The van der Waals surface area contributed by atoms with E-state index < -0.39 is 40.2 Å². The fraction of sp³-hybridized carbons (Fsp3) is 0.708. The molecule has 1 spiro atoms. The summed E-state index contributed by atoms with van der Waals surface area (Å²) in [5, 5.41) is 12.3. The second kappa shape index (κ2) is 8.78. The van der Waals surface area contributed by atoms with Crippen molar-refractivity contribution in [2.45, 2.75) is 94.5 Å². The molecule has 3 atom stereocenters. The van der Waals surface area contributed by atoms with Gasteiger partial charge in [0, 0.05) is 6.54 Å². The SMILES string of the molecule is CC[Si](CC)(CC)c1cc(Br)nc([C@@]2(C)N=C(NC(=O)O)C(C)(C)S3(O)NCC4(CC4)C[C@@H]23)c1F. The Balaban J connectivity index is 2.00. The number of hydrogen-bond acceptors (Lipinski definition) is 5. The largest absolute Gasteiger partial charge is 0.465 e. The highest BCUT2D eigenvalue weighted by Crippen LogP contribution is 2.71. The molecule has 1 aromatic rings. The maximum absolute atomic E-state index is 16.7. The second-order valence-corrected chi connectivity index (χ2v) is 20.3. The lowest BCUT2D eigenvalue weighted by Crippen LogP contribution is -2.65. The number of hydrogen-bond donors (Lipinski definition) is 4. The Labute approximate surface area is 218 Å². The van der Waals surface area contributed by atoms with E-state index in [1.165, 1.54) is 0 Å². The number of carboxylic acid groups (broad SMARTS) is 1. The van der Waals surface area contributed by atoms with Crippen LogP contribution >= 0.6 is 26.4 Å². The van der Waals surface area contributed by atoms with Crippen LogP contribution in [0, 0.1) is 11.2 Å². The first-order valence-electron chi connectivity index (χ1n) is 12.5. The number of aliphatic imine (C=N–C) groups is 1. The van der Waals surface area contributed by atoms with Crippen LogP contribution in [0.2, 0.25) is 18.1 Å². The number of carbonyl (C=O) groups is 1. The number of rotatable bonds is 5. The normalized spacial score (nSPS) is 32.8. The Morgan fingerprint density at radius 2 is 1.89 bits per heavy atom. The third kappa shape index (κ3) is 4.00. The van der Waals surface area contributed by atoms with Crippen LogP contribution in [-0.4, -0.2) is 51.2 Å². The van der Waals surface area contributed by atoms with Crippen molar-refractivity contribution in [1.29, 1.82) is 0 Å². The number of halogens is 2. The summed E-state index contributed by atoms with van der Waals surface area (Å²) < 4.78 is 32.0. The van der Waals surface area contributed by atoms with Gasteiger partial charge in [-0.25, -0.2) is 14.2 Å². The summed E-state index contributed by atoms with van der Waals surface area (Å²) in [6.07, 6.45) is 1.57. The van der Waals surface area contributed by atoms with Gasteiger partial charge in [0.25, 0.3) is 0 Å². The predicted octanol–water partition coefficient (Wildman–Crippen LogP) is 5.71. The van der Waals surface area contributed by atoms with Gasteiger partial charge in [0.05, 0.1) is 18.1 Å². The Bertz CT molecular complexity index is 1070. The van der Waals surface area contributed by atoms with Crippen LogP contribution < -0.4 is 15.2 Å². The van der Waals surface area contributed by atoms with E-state index in [2.05, 4.69) is 51.7 Å². The molecule has 1 saturated heterocycles. The molecule has 11 heteroatoms. The molecule has 1 unspecified atom stereocenters. The van der Waals surface area contributed by atoms with E-state index in [9.17, 15) is 14.5 Å². The van der Waals surface area contributed by atoms with Crippen LogP contribution in [0.4, 0.5) is 9.18 Å². The van der Waals surface area contributed by atoms with Gasteiger partial charge in [-0.2, -0.15) is 0 Å². The quantitative estimate of drug-likeness (QED) is 0.260. The number of nitrogens with one attached hydrogen (secondary N) is 2. The van der Waals surface area contributed by atoms with Gasteiger partial charge in [-0.1, -0.05) is 49.4 Å². The monoisotopic (exact) mass is 588 g/mol. The third-order valence-electron chi connectivity index (χ3n) is 9.21. The lowest BCUT2D eigenvalue weighted by Gasteiger charge is -2.62. The van der Waals surface area contributed by atoms with Crippen molar-refractivity contribution < 1.29 is 18.8 Å². The van der Waals surface area contributed by atoms with Crippen LogP contribution in [0.1, 0.15) is 66.5 Å². The average Bonchev–Trinajstić information content (AvgIpc) is 3.56. The van der Waals surface area contributed by atoms with Crippen molar-refractivity contribution in [1.82, 2.24) is 15.0 Å². The Kier molecular flexibility index (Phi) is 6.78. The molecular formula is C24H38BrFN4O3SSi.